The second kappa shape index (κ2) is 7.39. The Morgan fingerprint density at radius 3 is 3.00 bits per heavy atom. The lowest BCUT2D eigenvalue weighted by Crippen LogP contribution is -2.47. The Labute approximate surface area is 129 Å². The number of carbonyl (C=O) groups is 1. The predicted octanol–water partition coefficient (Wildman–Crippen LogP) is 1.80. The molecule has 0 spiro atoms. The fraction of sp³-hybridized carbons (Fsp3) is 0.533. The predicted molar refractivity (Wildman–Crippen MR) is 80.4 cm³/mol. The number of hydrogen-bond donors (Lipinski definition) is 2. The van der Waals surface area contributed by atoms with Crippen LogP contribution in [-0.4, -0.2) is 23.0 Å². The minimum Gasteiger partial charge on any atom is -0.340 e. The van der Waals surface area contributed by atoms with E-state index in [1.807, 2.05) is 0 Å². The Bertz CT molecular complexity index is 543. The second-order valence-electron chi connectivity index (χ2n) is 5.44. The zero-order valence-corrected chi connectivity index (χ0v) is 12.5. The molecule has 5 nitrogen and oxygen atoms in total. The van der Waals surface area contributed by atoms with E-state index >= 15 is 0 Å². The van der Waals surface area contributed by atoms with Crippen LogP contribution < -0.4 is 11.1 Å². The van der Waals surface area contributed by atoms with E-state index in [2.05, 4.69) is 16.4 Å². The van der Waals surface area contributed by atoms with Crippen LogP contribution in [0.5, 0.6) is 0 Å². The van der Waals surface area contributed by atoms with Gasteiger partial charge >= 0.3 is 0 Å². The molecule has 0 saturated heterocycles. The van der Waals surface area contributed by atoms with Gasteiger partial charge in [-0.15, -0.1) is 0 Å². The zero-order valence-electron chi connectivity index (χ0n) is 11.8. The normalized spacial score (nSPS) is 23.1. The topological polar surface area (TPSA) is 91.8 Å². The highest BCUT2D eigenvalue weighted by atomic mass is 35.5. The smallest absolute Gasteiger partial charge is 0.225 e. The Hall–Kier alpha value is -1.64. The first-order valence-electron chi connectivity index (χ1n) is 7.16. The van der Waals surface area contributed by atoms with Gasteiger partial charge in [-0.25, -0.2) is 4.98 Å². The Kier molecular flexibility index (Phi) is 5.54. The van der Waals surface area contributed by atoms with Crippen LogP contribution in [-0.2, 0) is 11.2 Å². The van der Waals surface area contributed by atoms with Gasteiger partial charge in [0.05, 0.1) is 12.0 Å². The Morgan fingerprint density at radius 2 is 2.33 bits per heavy atom. The lowest BCUT2D eigenvalue weighted by Gasteiger charge is -2.28. The Morgan fingerprint density at radius 1 is 1.57 bits per heavy atom. The molecule has 2 rings (SSSR count). The first kappa shape index (κ1) is 15.7. The number of carbonyl (C=O) groups excluding carboxylic acids is 1. The van der Waals surface area contributed by atoms with Gasteiger partial charge in [0.25, 0.3) is 0 Å². The number of nitrogens with two attached hydrogens (primary N) is 1. The molecule has 1 aliphatic carbocycles. The van der Waals surface area contributed by atoms with E-state index in [0.717, 1.165) is 31.2 Å². The summed E-state index contributed by atoms with van der Waals surface area (Å²) in [5.41, 5.74) is 6.87. The van der Waals surface area contributed by atoms with Crippen LogP contribution in [0.4, 0.5) is 0 Å². The van der Waals surface area contributed by atoms with Crippen LogP contribution in [0, 0.1) is 17.2 Å². The summed E-state index contributed by atoms with van der Waals surface area (Å²) in [6.07, 6.45) is 5.75. The maximum atomic E-state index is 12.3. The van der Waals surface area contributed by atoms with Crippen LogP contribution in [0.1, 0.15) is 31.2 Å². The van der Waals surface area contributed by atoms with Crippen molar-refractivity contribution in [2.45, 2.75) is 44.2 Å². The van der Waals surface area contributed by atoms with Crippen molar-refractivity contribution in [1.29, 1.82) is 5.26 Å². The molecule has 1 amide bonds. The van der Waals surface area contributed by atoms with E-state index < -0.39 is 6.04 Å². The van der Waals surface area contributed by atoms with Gasteiger partial charge in [-0.2, -0.15) is 5.26 Å². The fourth-order valence-corrected chi connectivity index (χ4v) is 2.89. The van der Waals surface area contributed by atoms with Crippen LogP contribution >= 0.6 is 11.6 Å². The van der Waals surface area contributed by atoms with Crippen LogP contribution in [0.15, 0.2) is 18.3 Å². The van der Waals surface area contributed by atoms with E-state index in [-0.39, 0.29) is 17.9 Å². The average Bonchev–Trinajstić information content (AvgIpc) is 2.47. The first-order chi connectivity index (χ1) is 10.1. The van der Waals surface area contributed by atoms with Gasteiger partial charge in [0.1, 0.15) is 11.2 Å². The third-order valence-electron chi connectivity index (χ3n) is 3.86. The molecular formula is C15H19ClN4O. The summed E-state index contributed by atoms with van der Waals surface area (Å²) >= 11 is 5.82. The molecule has 3 N–H and O–H groups in total. The average molecular weight is 307 g/mol. The van der Waals surface area contributed by atoms with E-state index in [1.54, 1.807) is 18.3 Å². The van der Waals surface area contributed by atoms with Crippen molar-refractivity contribution in [1.82, 2.24) is 10.3 Å². The summed E-state index contributed by atoms with van der Waals surface area (Å²) in [4.78, 5) is 16.2. The van der Waals surface area contributed by atoms with Crippen molar-refractivity contribution < 1.29 is 4.79 Å². The van der Waals surface area contributed by atoms with E-state index in [9.17, 15) is 10.1 Å². The summed E-state index contributed by atoms with van der Waals surface area (Å²) in [7, 11) is 0. The molecule has 112 valence electrons. The summed E-state index contributed by atoms with van der Waals surface area (Å²) in [5, 5.41) is 12.4. The van der Waals surface area contributed by atoms with E-state index in [4.69, 9.17) is 17.3 Å². The quantitative estimate of drug-likeness (QED) is 0.830. The molecule has 0 aromatic carbocycles. The number of rotatable bonds is 4. The van der Waals surface area contributed by atoms with Gasteiger partial charge < -0.3 is 11.1 Å². The minimum atomic E-state index is -0.579. The highest BCUT2D eigenvalue weighted by Crippen LogP contribution is 2.23. The number of nitrogens with zero attached hydrogens (tertiary/aromatic N) is 2. The number of halogens is 1. The third-order valence-corrected chi connectivity index (χ3v) is 4.07. The van der Waals surface area contributed by atoms with Gasteiger partial charge in [0, 0.05) is 18.7 Å². The largest absolute Gasteiger partial charge is 0.340 e. The summed E-state index contributed by atoms with van der Waals surface area (Å²) in [5.74, 6) is -0.301. The first-order valence-corrected chi connectivity index (χ1v) is 7.54. The lowest BCUT2D eigenvalue weighted by atomic mass is 9.84. The highest BCUT2D eigenvalue weighted by molar-refractivity contribution is 6.29. The zero-order chi connectivity index (χ0) is 15.2. The lowest BCUT2D eigenvalue weighted by molar-refractivity contribution is -0.126. The number of pyridine rings is 1. The minimum absolute atomic E-state index is 0.103. The molecule has 21 heavy (non-hydrogen) atoms. The third kappa shape index (κ3) is 4.42. The maximum absolute atomic E-state index is 12.3. The molecule has 0 aliphatic heterocycles. The van der Waals surface area contributed by atoms with Crippen molar-refractivity contribution in [2.75, 3.05) is 0 Å². The molecule has 1 fully saturated rings. The molecule has 0 radical (unpaired) electrons. The summed E-state index contributed by atoms with van der Waals surface area (Å²) < 4.78 is 0. The second-order valence-corrected chi connectivity index (χ2v) is 5.82. The molecule has 1 aromatic rings. The highest BCUT2D eigenvalue weighted by Gasteiger charge is 2.29. The number of nitriles is 1. The van der Waals surface area contributed by atoms with Crippen LogP contribution in [0.3, 0.4) is 0 Å². The fourth-order valence-electron chi connectivity index (χ4n) is 2.70. The Balaban J connectivity index is 1.95. The molecule has 3 atom stereocenters. The number of aromatic nitrogens is 1. The van der Waals surface area contributed by atoms with Crippen LogP contribution in [0.25, 0.3) is 0 Å². The molecule has 1 heterocycles. The molecule has 6 heteroatoms. The van der Waals surface area contributed by atoms with Crippen molar-refractivity contribution in [3.8, 4) is 6.07 Å². The molecule has 0 bridgehead atoms. The van der Waals surface area contributed by atoms with Crippen LogP contribution in [0.2, 0.25) is 5.15 Å². The molecule has 1 saturated carbocycles. The summed E-state index contributed by atoms with van der Waals surface area (Å²) in [6, 6.07) is 4.92. The maximum Gasteiger partial charge on any atom is 0.225 e. The van der Waals surface area contributed by atoms with Gasteiger partial charge in [0.2, 0.25) is 5.91 Å². The van der Waals surface area contributed by atoms with Gasteiger partial charge in [-0.1, -0.05) is 24.4 Å². The monoisotopic (exact) mass is 306 g/mol. The number of nitrogens with one attached hydrogen (secondary N) is 1. The van der Waals surface area contributed by atoms with Gasteiger partial charge in [-0.3, -0.25) is 4.79 Å². The van der Waals surface area contributed by atoms with E-state index in [1.165, 1.54) is 0 Å². The number of amides is 1. The van der Waals surface area contributed by atoms with Crippen molar-refractivity contribution in [3.05, 3.63) is 29.0 Å². The molecule has 1 aromatic heterocycles. The van der Waals surface area contributed by atoms with Gasteiger partial charge in [0.15, 0.2) is 0 Å². The van der Waals surface area contributed by atoms with Crippen molar-refractivity contribution in [3.63, 3.8) is 0 Å². The molecule has 1 unspecified atom stereocenters. The summed E-state index contributed by atoms with van der Waals surface area (Å²) in [6.45, 7) is 0. The van der Waals surface area contributed by atoms with Crippen molar-refractivity contribution in [2.24, 2.45) is 11.7 Å². The SMILES string of the molecule is N#CC(Cc1ccnc(Cl)c1)NC(=O)[C@@H]1CCCC[C@@H]1N. The molecule has 1 aliphatic rings. The molecular weight excluding hydrogens is 288 g/mol. The van der Waals surface area contributed by atoms with Crippen molar-refractivity contribution >= 4 is 17.5 Å². The van der Waals surface area contributed by atoms with Gasteiger partial charge in [-0.05, 0) is 30.5 Å². The standard InChI is InChI=1S/C15H19ClN4O/c16-14-8-10(5-6-19-14)7-11(9-17)20-15(21)12-3-1-2-4-13(12)18/h5-6,8,11-13H,1-4,7,18H2,(H,20,21)/t11?,12-,13+/m1/s1. The number of hydrogen-bond acceptors (Lipinski definition) is 4. The van der Waals surface area contributed by atoms with E-state index in [0.29, 0.717) is 11.6 Å².